The van der Waals surface area contributed by atoms with Gasteiger partial charge in [-0.25, -0.2) is 4.99 Å². The third-order valence-corrected chi connectivity index (χ3v) is 16.6. The zero-order chi connectivity index (χ0) is 55.7. The highest BCUT2D eigenvalue weighted by Crippen LogP contribution is 2.51. The van der Waals surface area contributed by atoms with E-state index in [9.17, 15) is 39.6 Å². The van der Waals surface area contributed by atoms with Crippen LogP contribution in [-0.2, 0) is 35.1 Å². The van der Waals surface area contributed by atoms with Crippen LogP contribution in [0, 0.1) is 30.6 Å². The molecule has 0 radical (unpaired) electrons. The second kappa shape index (κ2) is 23.9. The first kappa shape index (κ1) is 57.7. The van der Waals surface area contributed by atoms with Crippen molar-refractivity contribution in [2.45, 2.75) is 140 Å². The van der Waals surface area contributed by atoms with Crippen molar-refractivity contribution in [1.29, 1.82) is 0 Å². The standard InChI is InChI=1S/C58H75IN6O12/c1-31-14-13-15-32(2)56(73)61-48-47-46(62-58(63-47)21-25-65(26-22-58)29-33(3)59)43-44(52(48)71)51(70)37(7)54-45(43)55(72)57(8,77-54)75-27-20-40(74-9)34(4)53(36(6)50(69)35(5)49(31)68)76-42(67)28-41(66)60-39-18-16-38(17-19-39)30-64-23-11-10-12-24-64/h13-20,27,31,33-36,40,49-50,53,62,68-71H,10-12,21-26,28-30H2,1-9H3,(H,60,66)/b14-13+,27-20+,32-15-,61-48?/t31-,33?,34+,35+,36+,40-,49-,50+,53+,57-/m0/s1. The Morgan fingerprint density at radius 1 is 0.909 bits per heavy atom. The van der Waals surface area contributed by atoms with E-state index < -0.39 is 101 Å². The number of allylic oxidation sites excluding steroid dienone is 2. The fraction of sp³-hybridized carbons (Fsp3) is 0.552. The number of ether oxygens (including phenoxy) is 4. The molecule has 19 heteroatoms. The fourth-order valence-corrected chi connectivity index (χ4v) is 12.0. The smallest absolute Gasteiger partial charge is 0.315 e. The van der Waals surface area contributed by atoms with Crippen LogP contribution in [0.4, 0.5) is 11.4 Å². The number of carbonyl (C=O) groups excluding carboxylic acids is 4. The number of alkyl halides is 1. The molecule has 9 rings (SSSR count). The highest BCUT2D eigenvalue weighted by atomic mass is 127. The molecule has 10 atom stereocenters. The number of benzene rings is 3. The molecule has 6 aliphatic heterocycles. The molecule has 6 aliphatic rings. The number of aliphatic hydroxyl groups is 2. The first-order valence-electron chi connectivity index (χ1n) is 26.9. The first-order valence-corrected chi connectivity index (χ1v) is 28.1. The van der Waals surface area contributed by atoms with Crippen LogP contribution < -0.4 is 26.1 Å². The first-order chi connectivity index (χ1) is 36.5. The third kappa shape index (κ3) is 12.2. The average Bonchev–Trinajstić information content (AvgIpc) is 3.90. The number of piperidine rings is 2. The Balaban J connectivity index is 1.13. The Kier molecular flexibility index (Phi) is 17.9. The van der Waals surface area contributed by atoms with Crippen LogP contribution in [-0.4, -0.2) is 133 Å². The normalized spacial score (nSPS) is 30.0. The largest absolute Gasteiger partial charge is 0.507 e. The second-order valence-electron chi connectivity index (χ2n) is 22.0. The number of aromatic hydroxyl groups is 2. The van der Waals surface area contributed by atoms with Gasteiger partial charge in [-0.3, -0.25) is 29.1 Å². The molecule has 2 fully saturated rings. The predicted molar refractivity (Wildman–Crippen MR) is 299 cm³/mol. The molecule has 5 bridgehead atoms. The fourth-order valence-electron chi connectivity index (χ4n) is 11.5. The van der Waals surface area contributed by atoms with E-state index >= 15 is 0 Å². The van der Waals surface area contributed by atoms with Crippen molar-refractivity contribution >= 4 is 68.3 Å². The number of anilines is 2. The van der Waals surface area contributed by atoms with Crippen molar-refractivity contribution in [3.8, 4) is 17.2 Å². The minimum Gasteiger partial charge on any atom is -0.507 e. The Morgan fingerprint density at radius 3 is 2.26 bits per heavy atom. The molecular weight excluding hydrogens is 1100 g/mol. The number of phenols is 2. The van der Waals surface area contributed by atoms with Gasteiger partial charge in [0.25, 0.3) is 11.7 Å². The molecule has 77 heavy (non-hydrogen) atoms. The molecule has 0 saturated carbocycles. The van der Waals surface area contributed by atoms with Gasteiger partial charge < -0.3 is 54.9 Å². The quantitative estimate of drug-likeness (QED) is 0.0419. The summed E-state index contributed by atoms with van der Waals surface area (Å²) in [6.07, 6.45) is 7.28. The lowest BCUT2D eigenvalue weighted by atomic mass is 9.78. The third-order valence-electron chi connectivity index (χ3n) is 16.2. The zero-order valence-electron chi connectivity index (χ0n) is 45.6. The number of ketones is 1. The van der Waals surface area contributed by atoms with Crippen LogP contribution in [0.15, 0.2) is 70.4 Å². The SMILES string of the molecule is CO[C@H]1/C=C/O[C@@]2(C)Oc3c(C)c(O)c4c(O)c(c5c(c4c3C2=O)NC2(CCN(CC(C)I)CC2)N=5)=NC(=O)/C(C)=C\C=C\[C@H](C)[C@H](O)[C@@H](C)[C@@H](O)[C@@H](C)[C@H](OC(=O)CC(=O)Nc2ccc(CN3CCCCC3)cc2)[C@@H]1C. The van der Waals surface area contributed by atoms with E-state index in [-0.39, 0.29) is 43.9 Å². The van der Waals surface area contributed by atoms with Crippen LogP contribution in [0.1, 0.15) is 108 Å². The van der Waals surface area contributed by atoms with Crippen molar-refractivity contribution < 1.29 is 58.6 Å². The van der Waals surface area contributed by atoms with Crippen molar-refractivity contribution in [3.63, 3.8) is 0 Å². The number of methoxy groups -OCH3 is 1. The molecule has 0 aromatic heterocycles. The van der Waals surface area contributed by atoms with E-state index in [1.807, 2.05) is 12.1 Å². The monoisotopic (exact) mass is 1170 g/mol. The lowest BCUT2D eigenvalue weighted by Crippen LogP contribution is -2.47. The molecule has 1 unspecified atom stereocenters. The van der Waals surface area contributed by atoms with E-state index in [4.69, 9.17) is 23.9 Å². The van der Waals surface area contributed by atoms with Crippen molar-refractivity contribution in [1.82, 2.24) is 9.80 Å². The number of hydrogen-bond donors (Lipinski definition) is 6. The minimum absolute atomic E-state index is 0.0213. The summed E-state index contributed by atoms with van der Waals surface area (Å²) in [6.45, 7) is 18.8. The van der Waals surface area contributed by atoms with Gasteiger partial charge in [0.15, 0.2) is 5.75 Å². The number of likely N-dealkylation sites (tertiary alicyclic amines) is 2. The summed E-state index contributed by atoms with van der Waals surface area (Å²) in [4.78, 5) is 70.5. The number of phenolic OH excluding ortho intramolecular Hbond substituents is 2. The number of Topliss-reactive ketones (excluding diaryl/α,β-unsaturated/α-hetero) is 1. The Morgan fingerprint density at radius 2 is 1.60 bits per heavy atom. The number of amides is 2. The molecule has 18 nitrogen and oxygen atoms in total. The summed E-state index contributed by atoms with van der Waals surface area (Å²) in [5, 5.41) is 54.2. The number of halogens is 1. The maximum atomic E-state index is 15.0. The molecule has 416 valence electrons. The van der Waals surface area contributed by atoms with Gasteiger partial charge in [-0.1, -0.05) is 94.0 Å². The highest BCUT2D eigenvalue weighted by molar-refractivity contribution is 14.1. The van der Waals surface area contributed by atoms with Crippen LogP contribution in [0.3, 0.4) is 0 Å². The van der Waals surface area contributed by atoms with Crippen LogP contribution in [0.2, 0.25) is 0 Å². The number of carbonyl (C=O) groups is 4. The average molecular weight is 1180 g/mol. The number of nitrogens with zero attached hydrogens (tertiary/aromatic N) is 4. The summed E-state index contributed by atoms with van der Waals surface area (Å²) < 4.78 is 25.1. The number of nitrogens with one attached hydrogen (secondary N) is 2. The number of rotatable bonds is 9. The van der Waals surface area contributed by atoms with Crippen LogP contribution in [0.5, 0.6) is 17.2 Å². The number of fused-ring (bicyclic) bond motifs is 13. The van der Waals surface area contributed by atoms with Gasteiger partial charge in [0.2, 0.25) is 5.91 Å². The van der Waals surface area contributed by atoms with E-state index in [0.717, 1.165) is 31.7 Å². The Labute approximate surface area is 463 Å². The Hall–Kier alpha value is -5.45. The second-order valence-corrected chi connectivity index (χ2v) is 24.1. The summed E-state index contributed by atoms with van der Waals surface area (Å²) in [6, 6.07) is 7.52. The molecule has 2 saturated heterocycles. The summed E-state index contributed by atoms with van der Waals surface area (Å²) >= 11 is 2.40. The van der Waals surface area contributed by atoms with Crippen molar-refractivity contribution in [3.05, 3.63) is 87.8 Å². The molecule has 1 spiro atoms. The molecule has 3 aromatic carbocycles. The lowest BCUT2D eigenvalue weighted by molar-refractivity contribution is -0.164. The van der Waals surface area contributed by atoms with Crippen molar-refractivity contribution in [2.75, 3.05) is 50.5 Å². The van der Waals surface area contributed by atoms with E-state index in [1.54, 1.807) is 65.8 Å². The van der Waals surface area contributed by atoms with Gasteiger partial charge >= 0.3 is 11.8 Å². The van der Waals surface area contributed by atoms with Gasteiger partial charge in [0.05, 0.1) is 41.2 Å². The van der Waals surface area contributed by atoms with Gasteiger partial charge in [-0.15, -0.1) is 0 Å². The highest BCUT2D eigenvalue weighted by Gasteiger charge is 2.51. The van der Waals surface area contributed by atoms with Crippen LogP contribution in [0.25, 0.3) is 10.8 Å². The maximum Gasteiger partial charge on any atom is 0.315 e. The van der Waals surface area contributed by atoms with E-state index in [1.165, 1.54) is 51.7 Å². The van der Waals surface area contributed by atoms with Crippen LogP contribution >= 0.6 is 22.6 Å². The lowest BCUT2D eigenvalue weighted by Gasteiger charge is -2.38. The predicted octanol–water partition coefficient (Wildman–Crippen LogP) is 6.91. The topological polar surface area (TPSA) is 241 Å². The van der Waals surface area contributed by atoms with Gasteiger partial charge in [0.1, 0.15) is 40.4 Å². The van der Waals surface area contributed by atoms with E-state index in [2.05, 4.69) is 54.9 Å². The molecular formula is C58H75IN6O12. The maximum absolute atomic E-state index is 15.0. The number of hydrogen-bond acceptors (Lipinski definition) is 16. The molecule has 2 amide bonds. The summed E-state index contributed by atoms with van der Waals surface area (Å²) in [7, 11) is 1.44. The zero-order valence-corrected chi connectivity index (χ0v) is 47.8. The Bertz CT molecular complexity index is 2970. The van der Waals surface area contributed by atoms with Crippen molar-refractivity contribution in [2.24, 2.45) is 33.7 Å². The molecule has 6 N–H and O–H groups in total. The van der Waals surface area contributed by atoms with Gasteiger partial charge in [-0.05, 0) is 63.6 Å². The number of esters is 1. The molecule has 3 aromatic rings. The van der Waals surface area contributed by atoms with Gasteiger partial charge in [0, 0.05) is 103 Å². The van der Waals surface area contributed by atoms with Gasteiger partial charge in [-0.2, -0.15) is 0 Å². The minimum atomic E-state index is -2.02. The summed E-state index contributed by atoms with van der Waals surface area (Å²) in [5.41, 5.74) is 1.38. The molecule has 0 aliphatic carbocycles. The van der Waals surface area contributed by atoms with E-state index in [0.29, 0.717) is 41.2 Å². The molecule has 6 heterocycles. The summed E-state index contributed by atoms with van der Waals surface area (Å²) in [5.74, 6) is -8.67. The number of aliphatic hydroxyl groups excluding tert-OH is 2.